The van der Waals surface area contributed by atoms with Crippen molar-refractivity contribution in [3.8, 4) is 0 Å². The van der Waals surface area contributed by atoms with E-state index < -0.39 is 0 Å². The average molecular weight is 219 g/mol. The second kappa shape index (κ2) is 3.97. The highest BCUT2D eigenvalue weighted by atomic mass is 16.6. The normalized spacial score (nSPS) is 10.1. The van der Waals surface area contributed by atoms with Crippen molar-refractivity contribution in [2.75, 3.05) is 17.7 Å². The van der Waals surface area contributed by atoms with E-state index in [2.05, 4.69) is 19.9 Å². The minimum atomic E-state index is -0.384. The third-order valence-corrected chi connectivity index (χ3v) is 2.07. The molecule has 0 fully saturated rings. The van der Waals surface area contributed by atoms with Crippen LogP contribution in [0.4, 0.5) is 11.5 Å². The Morgan fingerprint density at radius 1 is 1.38 bits per heavy atom. The van der Waals surface area contributed by atoms with Gasteiger partial charge in [0.25, 0.3) is 5.91 Å². The minimum Gasteiger partial charge on any atom is -0.379 e. The number of hydrogen-bond acceptors (Lipinski definition) is 6. The molecule has 0 atom stereocenters. The zero-order chi connectivity index (χ0) is 11.5. The van der Waals surface area contributed by atoms with Crippen LogP contribution in [0.5, 0.6) is 0 Å². The predicted octanol–water partition coefficient (Wildman–Crippen LogP) is 0.323. The molecule has 1 amide bonds. The summed E-state index contributed by atoms with van der Waals surface area (Å²) >= 11 is 0. The van der Waals surface area contributed by atoms with Gasteiger partial charge in [0.05, 0.1) is 0 Å². The smallest absolute Gasteiger partial charge is 0.284 e. The summed E-state index contributed by atoms with van der Waals surface area (Å²) in [4.78, 5) is 17.1. The van der Waals surface area contributed by atoms with Gasteiger partial charge in [-0.25, -0.2) is 4.63 Å². The summed E-state index contributed by atoms with van der Waals surface area (Å²) in [6.07, 6.45) is 3.17. The molecule has 0 spiro atoms. The number of nitrogens with two attached hydrogens (primary N) is 1. The number of pyridine rings is 1. The lowest BCUT2D eigenvalue weighted by Crippen LogP contribution is -2.27. The number of nitrogens with zero attached hydrogens (tertiary/aromatic N) is 4. The van der Waals surface area contributed by atoms with E-state index in [1.807, 2.05) is 0 Å². The predicted molar refractivity (Wildman–Crippen MR) is 55.7 cm³/mol. The molecule has 2 aromatic heterocycles. The molecule has 82 valence electrons. The summed E-state index contributed by atoms with van der Waals surface area (Å²) < 4.78 is 4.37. The van der Waals surface area contributed by atoms with E-state index >= 15 is 0 Å². The molecule has 0 radical (unpaired) electrons. The maximum atomic E-state index is 11.9. The molecule has 0 aliphatic carbocycles. The summed E-state index contributed by atoms with van der Waals surface area (Å²) in [5.74, 6) is -0.407. The molecule has 7 heteroatoms. The van der Waals surface area contributed by atoms with Crippen molar-refractivity contribution in [3.05, 3.63) is 30.2 Å². The van der Waals surface area contributed by atoms with Crippen LogP contribution in [-0.2, 0) is 0 Å². The van der Waals surface area contributed by atoms with Crippen molar-refractivity contribution in [1.29, 1.82) is 0 Å². The summed E-state index contributed by atoms with van der Waals surface area (Å²) in [5, 5.41) is 6.79. The third kappa shape index (κ3) is 1.70. The van der Waals surface area contributed by atoms with E-state index in [0.29, 0.717) is 5.69 Å². The first kappa shape index (κ1) is 10.1. The first-order valence-electron chi connectivity index (χ1n) is 4.46. The summed E-state index contributed by atoms with van der Waals surface area (Å²) in [6.45, 7) is 0. The maximum Gasteiger partial charge on any atom is 0.284 e. The van der Waals surface area contributed by atoms with Gasteiger partial charge in [-0.05, 0) is 22.4 Å². The molecule has 0 aromatic carbocycles. The lowest BCUT2D eigenvalue weighted by molar-refractivity contribution is 0.0984. The number of nitrogen functional groups attached to an aromatic ring is 1. The Balaban J connectivity index is 2.27. The van der Waals surface area contributed by atoms with E-state index in [9.17, 15) is 4.79 Å². The summed E-state index contributed by atoms with van der Waals surface area (Å²) in [7, 11) is 1.60. The molecular formula is C9H9N5O2. The van der Waals surface area contributed by atoms with E-state index in [-0.39, 0.29) is 17.4 Å². The molecule has 2 N–H and O–H groups in total. The van der Waals surface area contributed by atoms with Gasteiger partial charge in [0.1, 0.15) is 0 Å². The third-order valence-electron chi connectivity index (χ3n) is 2.07. The van der Waals surface area contributed by atoms with Crippen molar-refractivity contribution >= 4 is 17.4 Å². The monoisotopic (exact) mass is 219 g/mol. The fraction of sp³-hybridized carbons (Fsp3) is 0.111. The molecule has 0 bridgehead atoms. The average Bonchev–Trinajstić information content (AvgIpc) is 2.75. The first-order valence-corrected chi connectivity index (χ1v) is 4.46. The SMILES string of the molecule is CN(C(=O)c1nonc1N)c1ccncc1. The Bertz CT molecular complexity index is 496. The van der Waals surface area contributed by atoms with Crippen molar-refractivity contribution < 1.29 is 9.42 Å². The second-order valence-electron chi connectivity index (χ2n) is 3.07. The molecule has 16 heavy (non-hydrogen) atoms. The van der Waals surface area contributed by atoms with E-state index in [1.165, 1.54) is 4.90 Å². The van der Waals surface area contributed by atoms with E-state index in [4.69, 9.17) is 5.73 Å². The molecule has 0 aliphatic rings. The highest BCUT2D eigenvalue weighted by Gasteiger charge is 2.20. The number of carbonyl (C=O) groups excluding carboxylic acids is 1. The highest BCUT2D eigenvalue weighted by Crippen LogP contribution is 2.15. The van der Waals surface area contributed by atoms with Crippen molar-refractivity contribution in [2.45, 2.75) is 0 Å². The van der Waals surface area contributed by atoms with Crippen LogP contribution >= 0.6 is 0 Å². The Morgan fingerprint density at radius 3 is 2.62 bits per heavy atom. The van der Waals surface area contributed by atoms with Crippen molar-refractivity contribution in [3.63, 3.8) is 0 Å². The van der Waals surface area contributed by atoms with E-state index in [1.54, 1.807) is 31.6 Å². The van der Waals surface area contributed by atoms with Gasteiger partial charge in [0, 0.05) is 25.1 Å². The van der Waals surface area contributed by atoms with Crippen LogP contribution in [0.25, 0.3) is 0 Å². The summed E-state index contributed by atoms with van der Waals surface area (Å²) in [6, 6.07) is 3.39. The number of amides is 1. The molecule has 7 nitrogen and oxygen atoms in total. The first-order chi connectivity index (χ1) is 7.70. The molecule has 2 aromatic rings. The zero-order valence-electron chi connectivity index (χ0n) is 8.49. The van der Waals surface area contributed by atoms with Crippen LogP contribution in [0.15, 0.2) is 29.2 Å². The maximum absolute atomic E-state index is 11.9. The number of carbonyl (C=O) groups is 1. The fourth-order valence-electron chi connectivity index (χ4n) is 1.19. The number of aromatic nitrogens is 3. The van der Waals surface area contributed by atoms with Gasteiger partial charge in [-0.1, -0.05) is 0 Å². The number of rotatable bonds is 2. The van der Waals surface area contributed by atoms with Crippen LogP contribution in [0.1, 0.15) is 10.5 Å². The van der Waals surface area contributed by atoms with Crippen LogP contribution in [0, 0.1) is 0 Å². The quantitative estimate of drug-likeness (QED) is 0.781. The van der Waals surface area contributed by atoms with Crippen LogP contribution < -0.4 is 10.6 Å². The molecule has 0 aliphatic heterocycles. The Hall–Kier alpha value is -2.44. The minimum absolute atomic E-state index is 0.000637. The topological polar surface area (TPSA) is 98.1 Å². The molecule has 0 saturated carbocycles. The van der Waals surface area contributed by atoms with Gasteiger partial charge in [-0.2, -0.15) is 0 Å². The Kier molecular flexibility index (Phi) is 2.50. The Labute approximate surface area is 90.8 Å². The molecule has 2 heterocycles. The van der Waals surface area contributed by atoms with Gasteiger partial charge in [0.15, 0.2) is 0 Å². The van der Waals surface area contributed by atoms with Gasteiger partial charge >= 0.3 is 0 Å². The molecule has 2 rings (SSSR count). The number of hydrogen-bond donors (Lipinski definition) is 1. The second-order valence-corrected chi connectivity index (χ2v) is 3.07. The van der Waals surface area contributed by atoms with Crippen LogP contribution in [0.2, 0.25) is 0 Å². The molecule has 0 saturated heterocycles. The molecule has 0 unspecified atom stereocenters. The van der Waals surface area contributed by atoms with Crippen molar-refractivity contribution in [2.24, 2.45) is 0 Å². The van der Waals surface area contributed by atoms with Gasteiger partial charge in [-0.3, -0.25) is 9.78 Å². The van der Waals surface area contributed by atoms with Crippen molar-refractivity contribution in [1.82, 2.24) is 15.3 Å². The van der Waals surface area contributed by atoms with Crippen LogP contribution in [0.3, 0.4) is 0 Å². The number of anilines is 2. The van der Waals surface area contributed by atoms with Gasteiger partial charge in [0.2, 0.25) is 11.5 Å². The lowest BCUT2D eigenvalue weighted by Gasteiger charge is -2.14. The zero-order valence-corrected chi connectivity index (χ0v) is 8.49. The largest absolute Gasteiger partial charge is 0.379 e. The molecular weight excluding hydrogens is 210 g/mol. The highest BCUT2D eigenvalue weighted by molar-refractivity contribution is 6.06. The fourth-order valence-corrected chi connectivity index (χ4v) is 1.19. The summed E-state index contributed by atoms with van der Waals surface area (Å²) in [5.41, 5.74) is 6.11. The Morgan fingerprint density at radius 2 is 2.06 bits per heavy atom. The van der Waals surface area contributed by atoms with Crippen LogP contribution in [-0.4, -0.2) is 28.3 Å². The van der Waals surface area contributed by atoms with E-state index in [0.717, 1.165) is 0 Å². The standard InChI is InChI=1S/C9H9N5O2/c1-14(6-2-4-11-5-3-6)9(15)7-8(10)13-16-12-7/h2-5H,1H3,(H2,10,13). The van der Waals surface area contributed by atoms with Gasteiger partial charge < -0.3 is 10.6 Å². The van der Waals surface area contributed by atoms with Gasteiger partial charge in [-0.15, -0.1) is 0 Å². The lowest BCUT2D eigenvalue weighted by atomic mass is 10.3.